The minimum Gasteiger partial charge on any atom is -0.383 e. The van der Waals surface area contributed by atoms with Gasteiger partial charge in [0, 0.05) is 47.8 Å². The topological polar surface area (TPSA) is 85.8 Å². The van der Waals surface area contributed by atoms with Crippen LogP contribution in [0.1, 0.15) is 49.4 Å². The number of nitrogen functional groups attached to an aromatic ring is 1. The molecule has 4 aromatic rings. The van der Waals surface area contributed by atoms with E-state index in [4.69, 9.17) is 22.3 Å². The monoisotopic (exact) mass is 507 g/mol. The van der Waals surface area contributed by atoms with Crippen LogP contribution < -0.4 is 5.73 Å². The lowest BCUT2D eigenvalue weighted by molar-refractivity contribution is 0.141. The molecule has 4 aromatic heterocycles. The highest BCUT2D eigenvalue weighted by Crippen LogP contribution is 2.45. The molecule has 1 saturated heterocycles. The molecule has 2 unspecified atom stereocenters. The second-order valence-electron chi connectivity index (χ2n) is 10.0. The first-order valence-corrected chi connectivity index (χ1v) is 13.7. The van der Waals surface area contributed by atoms with Crippen LogP contribution in [-0.2, 0) is 6.54 Å². The zero-order valence-electron chi connectivity index (χ0n) is 19.9. The molecule has 2 atom stereocenters. The Bertz CT molecular complexity index is 1330. The molecule has 182 valence electrons. The van der Waals surface area contributed by atoms with Gasteiger partial charge in [0.15, 0.2) is 0 Å². The highest BCUT2D eigenvalue weighted by atomic mass is 35.5. The maximum atomic E-state index is 6.35. The Labute approximate surface area is 214 Å². The molecule has 6 rings (SSSR count). The fourth-order valence-corrected chi connectivity index (χ4v) is 7.05. The van der Waals surface area contributed by atoms with Crippen LogP contribution in [0.3, 0.4) is 0 Å². The van der Waals surface area contributed by atoms with Crippen molar-refractivity contribution in [1.29, 1.82) is 0 Å². The number of hydrogen-bond acceptors (Lipinski definition) is 7. The summed E-state index contributed by atoms with van der Waals surface area (Å²) in [6.07, 6.45) is 12.1. The summed E-state index contributed by atoms with van der Waals surface area (Å²) in [5.74, 6) is 1.97. The Morgan fingerprint density at radius 2 is 1.86 bits per heavy atom. The van der Waals surface area contributed by atoms with E-state index in [1.807, 2.05) is 19.3 Å². The predicted molar refractivity (Wildman–Crippen MR) is 141 cm³/mol. The van der Waals surface area contributed by atoms with Crippen LogP contribution in [0.25, 0.3) is 21.6 Å². The van der Waals surface area contributed by atoms with Gasteiger partial charge in [0.2, 0.25) is 5.28 Å². The number of pyridine rings is 1. The SMILES string of the molecule is Cc1csc(-c2cn(C3CCC(C4CCN(Cc5ccncc5)CC4)C3)c3nc(Cl)nc(N)c23)n1. The van der Waals surface area contributed by atoms with Crippen LogP contribution >= 0.6 is 22.9 Å². The zero-order valence-corrected chi connectivity index (χ0v) is 21.5. The maximum absolute atomic E-state index is 6.35. The first kappa shape index (κ1) is 22.9. The van der Waals surface area contributed by atoms with E-state index in [1.54, 1.807) is 11.3 Å². The smallest absolute Gasteiger partial charge is 0.226 e. The lowest BCUT2D eigenvalue weighted by Gasteiger charge is -2.35. The Morgan fingerprint density at radius 3 is 2.60 bits per heavy atom. The van der Waals surface area contributed by atoms with Gasteiger partial charge in [-0.1, -0.05) is 0 Å². The second kappa shape index (κ2) is 9.48. The van der Waals surface area contributed by atoms with Crippen molar-refractivity contribution < 1.29 is 0 Å². The van der Waals surface area contributed by atoms with Gasteiger partial charge in [0.25, 0.3) is 0 Å². The summed E-state index contributed by atoms with van der Waals surface area (Å²) in [5, 5.41) is 4.10. The van der Waals surface area contributed by atoms with E-state index in [2.05, 4.69) is 48.1 Å². The summed E-state index contributed by atoms with van der Waals surface area (Å²) in [6, 6.07) is 4.65. The van der Waals surface area contributed by atoms with E-state index in [-0.39, 0.29) is 5.28 Å². The van der Waals surface area contributed by atoms with Crippen LogP contribution in [-0.4, -0.2) is 42.5 Å². The molecule has 7 nitrogen and oxygen atoms in total. The van der Waals surface area contributed by atoms with Gasteiger partial charge in [0.05, 0.1) is 5.39 Å². The standard InChI is InChI=1S/C26H30ClN7S/c1-16-15-35-25(30-16)21-14-34(24-22(21)23(28)31-26(27)32-24)20-3-2-19(12-20)18-6-10-33(11-7-18)13-17-4-8-29-9-5-17/h4-5,8-9,14-15,18-20H,2-3,6-7,10-13H2,1H3,(H2,28,31,32). The number of halogens is 1. The van der Waals surface area contributed by atoms with Gasteiger partial charge in [-0.3, -0.25) is 9.88 Å². The van der Waals surface area contributed by atoms with E-state index in [1.165, 1.54) is 44.3 Å². The van der Waals surface area contributed by atoms with Crippen molar-refractivity contribution >= 4 is 39.8 Å². The normalized spacial score (nSPS) is 21.8. The Morgan fingerprint density at radius 1 is 1.06 bits per heavy atom. The fourth-order valence-electron chi connectivity index (χ4n) is 6.07. The van der Waals surface area contributed by atoms with E-state index in [0.29, 0.717) is 11.9 Å². The zero-order chi connectivity index (χ0) is 23.9. The highest BCUT2D eigenvalue weighted by Gasteiger charge is 2.35. The molecule has 1 saturated carbocycles. The minimum atomic E-state index is 0.201. The first-order valence-electron chi connectivity index (χ1n) is 12.4. The summed E-state index contributed by atoms with van der Waals surface area (Å²) in [6.45, 7) is 5.39. The molecule has 0 bridgehead atoms. The molecule has 2 N–H and O–H groups in total. The van der Waals surface area contributed by atoms with E-state index < -0.39 is 0 Å². The van der Waals surface area contributed by atoms with Gasteiger partial charge in [-0.2, -0.15) is 4.98 Å². The molecular formula is C26H30ClN7S. The van der Waals surface area contributed by atoms with Gasteiger partial charge in [-0.25, -0.2) is 9.97 Å². The van der Waals surface area contributed by atoms with Crippen LogP contribution in [0.15, 0.2) is 36.1 Å². The molecule has 0 radical (unpaired) electrons. The number of likely N-dealkylation sites (tertiary alicyclic amines) is 1. The number of rotatable bonds is 5. The minimum absolute atomic E-state index is 0.201. The summed E-state index contributed by atoms with van der Waals surface area (Å²) < 4.78 is 2.31. The van der Waals surface area contributed by atoms with Crippen LogP contribution in [0.4, 0.5) is 5.82 Å². The average molecular weight is 508 g/mol. The Hall–Kier alpha value is -2.55. The third-order valence-electron chi connectivity index (χ3n) is 7.82. The van der Waals surface area contributed by atoms with Crippen molar-refractivity contribution in [2.45, 2.75) is 51.6 Å². The summed E-state index contributed by atoms with van der Waals surface area (Å²) in [5.41, 5.74) is 10.6. The van der Waals surface area contributed by atoms with Crippen molar-refractivity contribution in [3.8, 4) is 10.6 Å². The molecule has 5 heterocycles. The molecule has 9 heteroatoms. The third kappa shape index (κ3) is 4.55. The molecule has 35 heavy (non-hydrogen) atoms. The number of nitrogens with two attached hydrogens (primary N) is 1. The van der Waals surface area contributed by atoms with Gasteiger partial charge >= 0.3 is 0 Å². The van der Waals surface area contributed by atoms with Crippen LogP contribution in [0, 0.1) is 18.8 Å². The van der Waals surface area contributed by atoms with E-state index in [9.17, 15) is 0 Å². The second-order valence-corrected chi connectivity index (χ2v) is 11.2. The third-order valence-corrected chi connectivity index (χ3v) is 8.98. The molecular weight excluding hydrogens is 478 g/mol. The van der Waals surface area contributed by atoms with E-state index in [0.717, 1.165) is 52.1 Å². The van der Waals surface area contributed by atoms with Crippen molar-refractivity contribution in [3.63, 3.8) is 0 Å². The summed E-state index contributed by atoms with van der Waals surface area (Å²) >= 11 is 7.88. The number of thiazole rings is 1. The molecule has 0 aromatic carbocycles. The fraction of sp³-hybridized carbons (Fsp3) is 0.462. The Kier molecular flexibility index (Phi) is 6.20. The molecule has 0 spiro atoms. The van der Waals surface area contributed by atoms with Crippen molar-refractivity contribution in [2.24, 2.45) is 11.8 Å². The molecule has 0 amide bonds. The lowest BCUT2D eigenvalue weighted by Crippen LogP contribution is -2.35. The van der Waals surface area contributed by atoms with Gasteiger partial charge < -0.3 is 10.3 Å². The molecule has 2 fully saturated rings. The van der Waals surface area contributed by atoms with E-state index >= 15 is 0 Å². The summed E-state index contributed by atoms with van der Waals surface area (Å²) in [4.78, 5) is 20.3. The number of nitrogens with zero attached hydrogens (tertiary/aromatic N) is 6. The van der Waals surface area contributed by atoms with Crippen LogP contribution in [0.2, 0.25) is 5.28 Å². The highest BCUT2D eigenvalue weighted by molar-refractivity contribution is 7.13. The Balaban J connectivity index is 1.19. The number of piperidine rings is 1. The first-order chi connectivity index (χ1) is 17.0. The van der Waals surface area contributed by atoms with Crippen LogP contribution in [0.5, 0.6) is 0 Å². The largest absolute Gasteiger partial charge is 0.383 e. The van der Waals surface area contributed by atoms with Gasteiger partial charge in [-0.15, -0.1) is 11.3 Å². The number of aryl methyl sites for hydroxylation is 1. The van der Waals surface area contributed by atoms with Crippen molar-refractivity contribution in [3.05, 3.63) is 52.6 Å². The van der Waals surface area contributed by atoms with Gasteiger partial charge in [-0.05, 0) is 93.3 Å². The number of hydrogen-bond donors (Lipinski definition) is 1. The lowest BCUT2D eigenvalue weighted by atomic mass is 9.83. The number of anilines is 1. The van der Waals surface area contributed by atoms with Crippen molar-refractivity contribution in [1.82, 2.24) is 29.4 Å². The average Bonchev–Trinajstić information content (AvgIpc) is 3.58. The number of aromatic nitrogens is 5. The van der Waals surface area contributed by atoms with Gasteiger partial charge in [0.1, 0.15) is 16.5 Å². The maximum Gasteiger partial charge on any atom is 0.226 e. The molecule has 1 aliphatic heterocycles. The predicted octanol–water partition coefficient (Wildman–Crippen LogP) is 5.75. The van der Waals surface area contributed by atoms with Crippen molar-refractivity contribution in [2.75, 3.05) is 18.8 Å². The quantitative estimate of drug-likeness (QED) is 0.346. The number of fused-ring (bicyclic) bond motifs is 1. The molecule has 1 aliphatic carbocycles. The summed E-state index contributed by atoms with van der Waals surface area (Å²) in [7, 11) is 0. The molecule has 2 aliphatic rings.